The van der Waals surface area contributed by atoms with Gasteiger partial charge in [0.15, 0.2) is 0 Å². The molecule has 0 bridgehead atoms. The molecule has 32 heavy (non-hydrogen) atoms. The van der Waals surface area contributed by atoms with Gasteiger partial charge in [-0.2, -0.15) is 0 Å². The van der Waals surface area contributed by atoms with Crippen LogP contribution in [-0.2, 0) is 6.54 Å². The van der Waals surface area contributed by atoms with Gasteiger partial charge in [-0.05, 0) is 42.2 Å². The van der Waals surface area contributed by atoms with Crippen molar-refractivity contribution in [2.45, 2.75) is 20.4 Å². The molecule has 1 aromatic heterocycles. The topological polar surface area (TPSA) is 4.93 Å². The highest BCUT2D eigenvalue weighted by molar-refractivity contribution is 5.87. The molecule has 1 nitrogen and oxygen atoms in total. The van der Waals surface area contributed by atoms with Crippen LogP contribution >= 0.6 is 0 Å². The molecule has 0 aliphatic heterocycles. The quantitative estimate of drug-likeness (QED) is 0.274. The van der Waals surface area contributed by atoms with E-state index < -0.39 is 0 Å². The van der Waals surface area contributed by atoms with Gasteiger partial charge in [0.05, 0.1) is 5.69 Å². The molecule has 1 heterocycles. The zero-order valence-corrected chi connectivity index (χ0v) is 18.6. The summed E-state index contributed by atoms with van der Waals surface area (Å²) in [6, 6.07) is 41.6. The smallest absolute Gasteiger partial charge is 0.0568 e. The van der Waals surface area contributed by atoms with Crippen molar-refractivity contribution in [2.75, 3.05) is 0 Å². The molecule has 4 aromatic carbocycles. The zero-order chi connectivity index (χ0) is 21.9. The highest BCUT2D eigenvalue weighted by Crippen LogP contribution is 2.39. The lowest BCUT2D eigenvalue weighted by Crippen LogP contribution is -2.04. The van der Waals surface area contributed by atoms with E-state index in [1.54, 1.807) is 0 Å². The lowest BCUT2D eigenvalue weighted by atomic mass is 10.00. The van der Waals surface area contributed by atoms with Gasteiger partial charge < -0.3 is 4.57 Å². The van der Waals surface area contributed by atoms with Crippen LogP contribution in [0.2, 0.25) is 0 Å². The Labute approximate surface area is 190 Å². The highest BCUT2D eigenvalue weighted by Gasteiger charge is 2.19. The molecule has 0 saturated heterocycles. The van der Waals surface area contributed by atoms with Gasteiger partial charge in [-0.1, -0.05) is 120 Å². The summed E-state index contributed by atoms with van der Waals surface area (Å²) in [6.45, 7) is 5.10. The summed E-state index contributed by atoms with van der Waals surface area (Å²) in [7, 11) is 0. The van der Waals surface area contributed by atoms with Crippen molar-refractivity contribution >= 4 is 0 Å². The summed E-state index contributed by atoms with van der Waals surface area (Å²) in [5.74, 6) is 0. The molecule has 0 aliphatic carbocycles. The van der Waals surface area contributed by atoms with Crippen molar-refractivity contribution in [3.8, 4) is 33.6 Å². The van der Waals surface area contributed by atoms with Gasteiger partial charge in [-0.15, -0.1) is 0 Å². The number of hydrogen-bond acceptors (Lipinski definition) is 0. The third kappa shape index (κ3) is 4.02. The third-order valence-electron chi connectivity index (χ3n) is 6.04. The molecule has 0 atom stereocenters. The van der Waals surface area contributed by atoms with E-state index in [0.29, 0.717) is 0 Å². The van der Waals surface area contributed by atoms with Crippen LogP contribution in [0.4, 0.5) is 0 Å². The van der Waals surface area contributed by atoms with Crippen LogP contribution in [0.1, 0.15) is 16.7 Å². The van der Waals surface area contributed by atoms with Gasteiger partial charge in [0, 0.05) is 17.8 Å². The molecule has 0 amide bonds. The fourth-order valence-electron chi connectivity index (χ4n) is 4.30. The van der Waals surface area contributed by atoms with Gasteiger partial charge >= 0.3 is 0 Å². The van der Waals surface area contributed by atoms with Crippen LogP contribution in [0.5, 0.6) is 0 Å². The van der Waals surface area contributed by atoms with Crippen molar-refractivity contribution in [3.05, 3.63) is 132 Å². The van der Waals surface area contributed by atoms with E-state index in [9.17, 15) is 0 Å². The minimum atomic E-state index is 0.820. The van der Waals surface area contributed by atoms with Gasteiger partial charge in [0.25, 0.3) is 0 Å². The standard InChI is InChI=1S/C31H27N/c1-23-13-17-27(18-14-23)30-21-29(26-11-7-4-8-12-26)31(28-19-15-24(2)16-20-28)32(30)22-25-9-5-3-6-10-25/h3-21H,22H2,1-2H3. The van der Waals surface area contributed by atoms with Gasteiger partial charge in [0.2, 0.25) is 0 Å². The van der Waals surface area contributed by atoms with Crippen molar-refractivity contribution in [1.82, 2.24) is 4.57 Å². The van der Waals surface area contributed by atoms with Gasteiger partial charge in [0.1, 0.15) is 0 Å². The van der Waals surface area contributed by atoms with Crippen LogP contribution in [0.25, 0.3) is 33.6 Å². The van der Waals surface area contributed by atoms with E-state index >= 15 is 0 Å². The normalized spacial score (nSPS) is 10.9. The number of aromatic nitrogens is 1. The first-order valence-electron chi connectivity index (χ1n) is 11.2. The summed E-state index contributed by atoms with van der Waals surface area (Å²) in [4.78, 5) is 0. The van der Waals surface area contributed by atoms with Crippen LogP contribution < -0.4 is 0 Å². The predicted molar refractivity (Wildman–Crippen MR) is 136 cm³/mol. The number of hydrogen-bond donors (Lipinski definition) is 0. The van der Waals surface area contributed by atoms with Crippen LogP contribution in [0.15, 0.2) is 115 Å². The maximum atomic E-state index is 2.48. The second kappa shape index (κ2) is 8.72. The third-order valence-corrected chi connectivity index (χ3v) is 6.04. The largest absolute Gasteiger partial charge is 0.335 e. The zero-order valence-electron chi connectivity index (χ0n) is 18.6. The summed E-state index contributed by atoms with van der Waals surface area (Å²) in [5.41, 5.74) is 11.3. The molecule has 5 rings (SSSR count). The summed E-state index contributed by atoms with van der Waals surface area (Å²) >= 11 is 0. The molecule has 0 fully saturated rings. The molecule has 156 valence electrons. The fourth-order valence-corrected chi connectivity index (χ4v) is 4.30. The molecule has 0 radical (unpaired) electrons. The van der Waals surface area contributed by atoms with E-state index in [1.807, 2.05) is 0 Å². The van der Waals surface area contributed by atoms with Crippen LogP contribution in [-0.4, -0.2) is 4.57 Å². The van der Waals surface area contributed by atoms with Crippen molar-refractivity contribution < 1.29 is 0 Å². The van der Waals surface area contributed by atoms with E-state index in [1.165, 1.54) is 50.3 Å². The average molecular weight is 414 g/mol. The van der Waals surface area contributed by atoms with Gasteiger partial charge in [-0.25, -0.2) is 0 Å². The molecule has 1 heteroatoms. The van der Waals surface area contributed by atoms with Crippen LogP contribution in [0, 0.1) is 13.8 Å². The minimum absolute atomic E-state index is 0.820. The highest BCUT2D eigenvalue weighted by atomic mass is 15.0. The maximum Gasteiger partial charge on any atom is 0.0568 e. The second-order valence-corrected chi connectivity index (χ2v) is 8.46. The molecular weight excluding hydrogens is 386 g/mol. The van der Waals surface area contributed by atoms with E-state index in [0.717, 1.165) is 6.54 Å². The van der Waals surface area contributed by atoms with Gasteiger partial charge in [-0.3, -0.25) is 0 Å². The maximum absolute atomic E-state index is 2.48. The number of nitrogens with zero attached hydrogens (tertiary/aromatic N) is 1. The van der Waals surface area contributed by atoms with Crippen molar-refractivity contribution in [1.29, 1.82) is 0 Å². The average Bonchev–Trinajstić information content (AvgIpc) is 3.20. The Hall–Kier alpha value is -3.84. The SMILES string of the molecule is Cc1ccc(-c2cc(-c3ccccc3)c(-c3ccc(C)cc3)n2Cc2ccccc2)cc1. The first kappa shape index (κ1) is 20.1. The Bertz CT molecular complexity index is 1310. The summed E-state index contributed by atoms with van der Waals surface area (Å²) in [5, 5.41) is 0. The first-order chi connectivity index (χ1) is 15.7. The summed E-state index contributed by atoms with van der Waals surface area (Å²) in [6.07, 6.45) is 0. The Balaban J connectivity index is 1.79. The van der Waals surface area contributed by atoms with E-state index in [-0.39, 0.29) is 0 Å². The molecule has 0 unspecified atom stereocenters. The number of benzene rings is 4. The van der Waals surface area contributed by atoms with Crippen LogP contribution in [0.3, 0.4) is 0 Å². The van der Waals surface area contributed by atoms with Crippen molar-refractivity contribution in [2.24, 2.45) is 0 Å². The Morgan fingerprint density at radius 1 is 0.531 bits per heavy atom. The minimum Gasteiger partial charge on any atom is -0.335 e. The molecule has 0 spiro atoms. The fraction of sp³-hybridized carbons (Fsp3) is 0.0968. The van der Waals surface area contributed by atoms with Crippen molar-refractivity contribution in [3.63, 3.8) is 0 Å². The molecule has 0 saturated carbocycles. The molecule has 5 aromatic rings. The monoisotopic (exact) mass is 413 g/mol. The molecule has 0 N–H and O–H groups in total. The lowest BCUT2D eigenvalue weighted by molar-refractivity contribution is 0.822. The number of rotatable bonds is 5. The van der Waals surface area contributed by atoms with E-state index in [2.05, 4.69) is 134 Å². The molecule has 0 aliphatic rings. The second-order valence-electron chi connectivity index (χ2n) is 8.46. The first-order valence-corrected chi connectivity index (χ1v) is 11.2. The predicted octanol–water partition coefficient (Wildman–Crippen LogP) is 8.15. The van der Waals surface area contributed by atoms with E-state index in [4.69, 9.17) is 0 Å². The Morgan fingerprint density at radius 3 is 1.66 bits per heavy atom. The molecular formula is C31H27N. The Kier molecular flexibility index (Phi) is 5.47. The lowest BCUT2D eigenvalue weighted by Gasteiger charge is -2.16. The summed E-state index contributed by atoms with van der Waals surface area (Å²) < 4.78 is 2.48. The number of aryl methyl sites for hydroxylation is 2. The Morgan fingerprint density at radius 2 is 1.06 bits per heavy atom.